The molecule has 4 heteroatoms. The lowest BCUT2D eigenvalue weighted by Gasteiger charge is -2.15. The van der Waals surface area contributed by atoms with Crippen molar-refractivity contribution in [3.8, 4) is 0 Å². The molecule has 0 saturated carbocycles. The normalized spacial score (nSPS) is 15.0. The van der Waals surface area contributed by atoms with E-state index in [9.17, 15) is 0 Å². The van der Waals surface area contributed by atoms with Crippen LogP contribution in [0.15, 0.2) is 48.5 Å². The second kappa shape index (κ2) is 6.73. The highest BCUT2D eigenvalue weighted by molar-refractivity contribution is 5.96. The molecule has 4 N–H and O–H groups in total. The van der Waals surface area contributed by atoms with Crippen molar-refractivity contribution in [3.63, 3.8) is 0 Å². The van der Waals surface area contributed by atoms with Crippen LogP contribution in [0.25, 0.3) is 10.9 Å². The molecule has 2 heterocycles. The summed E-state index contributed by atoms with van der Waals surface area (Å²) >= 11 is 0. The van der Waals surface area contributed by atoms with Crippen LogP contribution in [0.3, 0.4) is 0 Å². The largest absolute Gasteiger partial charge is 0.396 e. The highest BCUT2D eigenvalue weighted by atomic mass is 15.1. The minimum absolute atomic E-state index is 0.601. The summed E-state index contributed by atoms with van der Waals surface area (Å²) in [6.45, 7) is 3.44. The Kier molecular flexibility index (Phi) is 4.28. The van der Waals surface area contributed by atoms with Gasteiger partial charge in [0.25, 0.3) is 0 Å². The van der Waals surface area contributed by atoms with Crippen LogP contribution in [0.5, 0.6) is 0 Å². The van der Waals surface area contributed by atoms with Gasteiger partial charge in [-0.3, -0.25) is 9.88 Å². The van der Waals surface area contributed by atoms with Gasteiger partial charge in [0.15, 0.2) is 0 Å². The third kappa shape index (κ3) is 3.30. The van der Waals surface area contributed by atoms with Crippen LogP contribution in [0.1, 0.15) is 29.7 Å². The topological polar surface area (TPSA) is 68.2 Å². The van der Waals surface area contributed by atoms with E-state index in [0.717, 1.165) is 23.1 Å². The van der Waals surface area contributed by atoms with E-state index in [2.05, 4.69) is 29.2 Å². The van der Waals surface area contributed by atoms with Crippen molar-refractivity contribution in [2.24, 2.45) is 0 Å². The number of anilines is 2. The molecule has 0 unspecified atom stereocenters. The maximum absolute atomic E-state index is 6.27. The van der Waals surface area contributed by atoms with Crippen LogP contribution in [-0.2, 0) is 13.0 Å². The number of rotatable bonds is 4. The van der Waals surface area contributed by atoms with Gasteiger partial charge in [-0.05, 0) is 43.1 Å². The molecule has 1 saturated heterocycles. The molecule has 0 spiro atoms. The molecule has 1 aliphatic rings. The van der Waals surface area contributed by atoms with Crippen molar-refractivity contribution in [2.45, 2.75) is 25.8 Å². The van der Waals surface area contributed by atoms with E-state index >= 15 is 0 Å². The second-order valence-electron chi connectivity index (χ2n) is 6.88. The first-order valence-electron chi connectivity index (χ1n) is 8.93. The molecule has 0 bridgehead atoms. The summed E-state index contributed by atoms with van der Waals surface area (Å²) in [5, 5.41) is 0.923. The van der Waals surface area contributed by atoms with Gasteiger partial charge in [0, 0.05) is 18.4 Å². The Bertz CT molecular complexity index is 898. The third-order valence-corrected chi connectivity index (χ3v) is 5.02. The van der Waals surface area contributed by atoms with Gasteiger partial charge in [0.2, 0.25) is 0 Å². The van der Waals surface area contributed by atoms with E-state index in [4.69, 9.17) is 16.5 Å². The number of nitrogens with zero attached hydrogens (tertiary/aromatic N) is 2. The van der Waals surface area contributed by atoms with E-state index < -0.39 is 0 Å². The zero-order chi connectivity index (χ0) is 17.2. The smallest absolute Gasteiger partial charge is 0.0777 e. The molecule has 3 aromatic rings. The quantitative estimate of drug-likeness (QED) is 0.766. The number of nitrogens with two attached hydrogens (primary N) is 2. The molecule has 0 radical (unpaired) electrons. The Labute approximate surface area is 148 Å². The summed E-state index contributed by atoms with van der Waals surface area (Å²) in [5.74, 6) is 0. The molecule has 128 valence electrons. The van der Waals surface area contributed by atoms with Crippen molar-refractivity contribution in [2.75, 3.05) is 24.6 Å². The lowest BCUT2D eigenvalue weighted by Crippen LogP contribution is -2.18. The monoisotopic (exact) mass is 332 g/mol. The molecule has 1 fully saturated rings. The Balaban J connectivity index is 1.61. The van der Waals surface area contributed by atoms with Gasteiger partial charge in [-0.25, -0.2) is 0 Å². The maximum atomic E-state index is 6.27. The van der Waals surface area contributed by atoms with Crippen LogP contribution in [-0.4, -0.2) is 23.0 Å². The molecule has 0 atom stereocenters. The average molecular weight is 332 g/mol. The van der Waals surface area contributed by atoms with Crippen LogP contribution in [0.4, 0.5) is 11.4 Å². The molecule has 1 aliphatic heterocycles. The Morgan fingerprint density at radius 2 is 1.64 bits per heavy atom. The number of likely N-dealkylation sites (tertiary alicyclic amines) is 1. The van der Waals surface area contributed by atoms with Crippen LogP contribution in [0, 0.1) is 0 Å². The number of pyridine rings is 1. The number of hydrogen-bond acceptors (Lipinski definition) is 4. The van der Waals surface area contributed by atoms with E-state index in [1.807, 2.05) is 24.3 Å². The highest BCUT2D eigenvalue weighted by Gasteiger charge is 2.13. The van der Waals surface area contributed by atoms with E-state index in [-0.39, 0.29) is 0 Å². The average Bonchev–Trinajstić information content (AvgIpc) is 3.13. The number of nitrogen functional groups attached to an aromatic ring is 2. The lowest BCUT2D eigenvalue weighted by atomic mass is 10.0. The molecule has 0 amide bonds. The van der Waals surface area contributed by atoms with Crippen LogP contribution < -0.4 is 11.5 Å². The zero-order valence-electron chi connectivity index (χ0n) is 14.4. The molecule has 0 aliphatic carbocycles. The van der Waals surface area contributed by atoms with E-state index in [0.29, 0.717) is 17.8 Å². The summed E-state index contributed by atoms with van der Waals surface area (Å²) in [6, 6.07) is 16.6. The first-order valence-corrected chi connectivity index (χ1v) is 8.93. The highest BCUT2D eigenvalue weighted by Crippen LogP contribution is 2.29. The van der Waals surface area contributed by atoms with Crippen molar-refractivity contribution in [3.05, 3.63) is 65.4 Å². The number of benzene rings is 2. The van der Waals surface area contributed by atoms with Gasteiger partial charge in [-0.2, -0.15) is 0 Å². The summed E-state index contributed by atoms with van der Waals surface area (Å²) in [6.07, 6.45) is 3.34. The van der Waals surface area contributed by atoms with Gasteiger partial charge >= 0.3 is 0 Å². The molecule has 25 heavy (non-hydrogen) atoms. The first kappa shape index (κ1) is 15.9. The van der Waals surface area contributed by atoms with Gasteiger partial charge in [-0.1, -0.05) is 42.5 Å². The predicted molar refractivity (Wildman–Crippen MR) is 104 cm³/mol. The molecule has 4 nitrogen and oxygen atoms in total. The van der Waals surface area contributed by atoms with Crippen molar-refractivity contribution >= 4 is 22.3 Å². The van der Waals surface area contributed by atoms with Gasteiger partial charge in [0.05, 0.1) is 22.6 Å². The van der Waals surface area contributed by atoms with Gasteiger partial charge in [0.1, 0.15) is 0 Å². The summed E-state index contributed by atoms with van der Waals surface area (Å²) < 4.78 is 0. The van der Waals surface area contributed by atoms with Crippen LogP contribution >= 0.6 is 0 Å². The van der Waals surface area contributed by atoms with E-state index in [1.54, 1.807) is 0 Å². The number of hydrogen-bond donors (Lipinski definition) is 2. The van der Waals surface area contributed by atoms with Gasteiger partial charge in [-0.15, -0.1) is 0 Å². The molecular formula is C21H24N4. The standard InChI is InChI=1S/C21H24N4/c22-20-17-8-1-2-9-18(17)24-19(21(20)23)13-15-6-5-7-16(12-15)14-25-10-3-4-11-25/h1-2,5-9,12H,3-4,10-11,13-14,23H2,(H2,22,24). The lowest BCUT2D eigenvalue weighted by molar-refractivity contribution is 0.331. The third-order valence-electron chi connectivity index (χ3n) is 5.02. The predicted octanol–water partition coefficient (Wildman–Crippen LogP) is 3.59. The van der Waals surface area contributed by atoms with Crippen molar-refractivity contribution in [1.29, 1.82) is 0 Å². The van der Waals surface area contributed by atoms with Crippen molar-refractivity contribution in [1.82, 2.24) is 9.88 Å². The Morgan fingerprint density at radius 3 is 2.48 bits per heavy atom. The first-order chi connectivity index (χ1) is 12.2. The van der Waals surface area contributed by atoms with E-state index in [1.165, 1.54) is 37.1 Å². The fourth-order valence-corrected chi connectivity index (χ4v) is 3.67. The van der Waals surface area contributed by atoms with Gasteiger partial charge < -0.3 is 11.5 Å². The minimum Gasteiger partial charge on any atom is -0.396 e. The Hall–Kier alpha value is -2.59. The minimum atomic E-state index is 0.601. The zero-order valence-corrected chi connectivity index (χ0v) is 14.4. The molecular weight excluding hydrogens is 308 g/mol. The number of fused-ring (bicyclic) bond motifs is 1. The number of aromatic nitrogens is 1. The fourth-order valence-electron chi connectivity index (χ4n) is 3.67. The second-order valence-corrected chi connectivity index (χ2v) is 6.88. The maximum Gasteiger partial charge on any atom is 0.0777 e. The van der Waals surface area contributed by atoms with Crippen molar-refractivity contribution < 1.29 is 0 Å². The summed E-state index contributed by atoms with van der Waals surface area (Å²) in [7, 11) is 0. The molecule has 1 aromatic heterocycles. The summed E-state index contributed by atoms with van der Waals surface area (Å²) in [4.78, 5) is 7.26. The Morgan fingerprint density at radius 1 is 0.880 bits per heavy atom. The molecule has 2 aromatic carbocycles. The summed E-state index contributed by atoms with van der Waals surface area (Å²) in [5.41, 5.74) is 18.1. The fraction of sp³-hybridized carbons (Fsp3) is 0.286. The SMILES string of the molecule is Nc1c(Cc2cccc(CN3CCCC3)c2)nc2ccccc2c1N. The number of para-hydroxylation sites is 1. The van der Waals surface area contributed by atoms with Crippen LogP contribution in [0.2, 0.25) is 0 Å². The molecule has 4 rings (SSSR count).